The van der Waals surface area contributed by atoms with E-state index in [1.807, 2.05) is 25.1 Å². The van der Waals surface area contributed by atoms with Crippen molar-refractivity contribution in [3.63, 3.8) is 0 Å². The van der Waals surface area contributed by atoms with E-state index in [-0.39, 0.29) is 0 Å². The Bertz CT molecular complexity index is 571. The van der Waals surface area contributed by atoms with Crippen molar-refractivity contribution in [2.75, 3.05) is 20.3 Å². The zero-order valence-corrected chi connectivity index (χ0v) is 10.6. The molecule has 18 heavy (non-hydrogen) atoms. The van der Waals surface area contributed by atoms with Gasteiger partial charge in [0, 0.05) is 5.56 Å². The first-order valence-electron chi connectivity index (χ1n) is 6.07. The SMILES string of the molecule is COc1ccc2cc(C3(C)OCCO3)ccc2c1. The number of hydrogen-bond acceptors (Lipinski definition) is 3. The fourth-order valence-electron chi connectivity index (χ4n) is 2.31. The van der Waals surface area contributed by atoms with E-state index in [0.717, 1.165) is 22.1 Å². The second-order valence-corrected chi connectivity index (χ2v) is 4.57. The lowest BCUT2D eigenvalue weighted by Gasteiger charge is -2.23. The smallest absolute Gasteiger partial charge is 0.192 e. The third kappa shape index (κ3) is 1.85. The van der Waals surface area contributed by atoms with E-state index < -0.39 is 5.79 Å². The molecule has 3 nitrogen and oxygen atoms in total. The van der Waals surface area contributed by atoms with E-state index in [9.17, 15) is 0 Å². The minimum Gasteiger partial charge on any atom is -0.497 e. The van der Waals surface area contributed by atoms with E-state index in [1.165, 1.54) is 0 Å². The van der Waals surface area contributed by atoms with Gasteiger partial charge in [-0.05, 0) is 35.9 Å². The maximum atomic E-state index is 5.67. The van der Waals surface area contributed by atoms with Gasteiger partial charge in [0.05, 0.1) is 20.3 Å². The summed E-state index contributed by atoms with van der Waals surface area (Å²) in [5, 5.41) is 2.31. The van der Waals surface area contributed by atoms with Crippen LogP contribution in [0, 0.1) is 0 Å². The van der Waals surface area contributed by atoms with Gasteiger partial charge in [0.15, 0.2) is 5.79 Å². The Kier molecular flexibility index (Phi) is 2.73. The van der Waals surface area contributed by atoms with Crippen molar-refractivity contribution in [2.45, 2.75) is 12.7 Å². The minimum absolute atomic E-state index is 0.603. The number of benzene rings is 2. The minimum atomic E-state index is -0.603. The maximum Gasteiger partial charge on any atom is 0.192 e. The summed E-state index contributed by atoms with van der Waals surface area (Å²) < 4.78 is 16.6. The van der Waals surface area contributed by atoms with Crippen molar-refractivity contribution < 1.29 is 14.2 Å². The number of rotatable bonds is 2. The monoisotopic (exact) mass is 244 g/mol. The molecule has 0 spiro atoms. The van der Waals surface area contributed by atoms with Crippen molar-refractivity contribution in [2.24, 2.45) is 0 Å². The number of ether oxygens (including phenoxy) is 3. The van der Waals surface area contributed by atoms with E-state index in [4.69, 9.17) is 14.2 Å². The van der Waals surface area contributed by atoms with Crippen LogP contribution in [-0.4, -0.2) is 20.3 Å². The molecule has 0 unspecified atom stereocenters. The molecule has 0 aliphatic carbocycles. The Hall–Kier alpha value is -1.58. The largest absolute Gasteiger partial charge is 0.497 e. The Morgan fingerprint density at radius 3 is 2.39 bits per heavy atom. The fraction of sp³-hybridized carbons (Fsp3) is 0.333. The van der Waals surface area contributed by atoms with E-state index in [1.54, 1.807) is 7.11 Å². The summed E-state index contributed by atoms with van der Waals surface area (Å²) in [7, 11) is 1.68. The summed E-state index contributed by atoms with van der Waals surface area (Å²) in [6.07, 6.45) is 0. The molecule has 0 amide bonds. The third-order valence-corrected chi connectivity index (χ3v) is 3.41. The molecular formula is C15H16O3. The molecule has 0 bridgehead atoms. The Labute approximate surface area is 106 Å². The van der Waals surface area contributed by atoms with Gasteiger partial charge in [0.1, 0.15) is 5.75 Å². The normalized spacial score (nSPS) is 18.1. The zero-order valence-electron chi connectivity index (χ0n) is 10.6. The van der Waals surface area contributed by atoms with Gasteiger partial charge in [-0.15, -0.1) is 0 Å². The lowest BCUT2D eigenvalue weighted by molar-refractivity contribution is -0.149. The molecule has 0 atom stereocenters. The fourth-order valence-corrected chi connectivity index (χ4v) is 2.31. The molecule has 1 aliphatic rings. The van der Waals surface area contributed by atoms with Gasteiger partial charge in [-0.3, -0.25) is 0 Å². The Morgan fingerprint density at radius 2 is 1.67 bits per heavy atom. The molecule has 0 saturated carbocycles. The first kappa shape index (κ1) is 11.5. The molecule has 2 aromatic carbocycles. The molecule has 3 rings (SSSR count). The molecule has 0 aromatic heterocycles. The summed E-state index contributed by atoms with van der Waals surface area (Å²) >= 11 is 0. The molecule has 1 saturated heterocycles. The highest BCUT2D eigenvalue weighted by molar-refractivity contribution is 5.84. The van der Waals surface area contributed by atoms with Crippen LogP contribution in [0.5, 0.6) is 5.75 Å². The molecule has 3 heteroatoms. The molecule has 1 fully saturated rings. The van der Waals surface area contributed by atoms with E-state index >= 15 is 0 Å². The van der Waals surface area contributed by atoms with Crippen LogP contribution in [-0.2, 0) is 15.3 Å². The zero-order chi connectivity index (χ0) is 12.6. The van der Waals surface area contributed by atoms with Crippen LogP contribution < -0.4 is 4.74 Å². The van der Waals surface area contributed by atoms with Crippen molar-refractivity contribution in [3.8, 4) is 5.75 Å². The first-order valence-corrected chi connectivity index (χ1v) is 6.07. The lowest BCUT2D eigenvalue weighted by atomic mass is 10.0. The molecule has 94 valence electrons. The summed E-state index contributed by atoms with van der Waals surface area (Å²) in [6, 6.07) is 12.3. The quantitative estimate of drug-likeness (QED) is 0.812. The van der Waals surface area contributed by atoms with Crippen molar-refractivity contribution >= 4 is 10.8 Å². The molecule has 2 aromatic rings. The van der Waals surface area contributed by atoms with Crippen molar-refractivity contribution in [1.82, 2.24) is 0 Å². The predicted molar refractivity (Wildman–Crippen MR) is 69.8 cm³/mol. The van der Waals surface area contributed by atoms with Gasteiger partial charge in [-0.2, -0.15) is 0 Å². The average Bonchev–Trinajstić information content (AvgIpc) is 2.85. The van der Waals surface area contributed by atoms with Gasteiger partial charge in [-0.25, -0.2) is 0 Å². The van der Waals surface area contributed by atoms with Crippen LogP contribution in [0.2, 0.25) is 0 Å². The second-order valence-electron chi connectivity index (χ2n) is 4.57. The van der Waals surface area contributed by atoms with E-state index in [2.05, 4.69) is 18.2 Å². The van der Waals surface area contributed by atoms with Crippen LogP contribution >= 0.6 is 0 Å². The van der Waals surface area contributed by atoms with Crippen LogP contribution in [0.4, 0.5) is 0 Å². The van der Waals surface area contributed by atoms with Gasteiger partial charge < -0.3 is 14.2 Å². The molecular weight excluding hydrogens is 228 g/mol. The highest BCUT2D eigenvalue weighted by Crippen LogP contribution is 2.33. The summed E-state index contributed by atoms with van der Waals surface area (Å²) in [6.45, 7) is 3.26. The van der Waals surface area contributed by atoms with E-state index in [0.29, 0.717) is 13.2 Å². The average molecular weight is 244 g/mol. The number of fused-ring (bicyclic) bond motifs is 1. The predicted octanol–water partition coefficient (Wildman–Crippen LogP) is 3.07. The maximum absolute atomic E-state index is 5.67. The molecule has 0 N–H and O–H groups in total. The second kappa shape index (κ2) is 4.26. The Balaban J connectivity index is 2.06. The highest BCUT2D eigenvalue weighted by Gasteiger charge is 2.33. The summed E-state index contributed by atoms with van der Waals surface area (Å²) in [5.74, 6) is 0.267. The summed E-state index contributed by atoms with van der Waals surface area (Å²) in [5.41, 5.74) is 1.05. The first-order chi connectivity index (χ1) is 8.71. The van der Waals surface area contributed by atoms with Gasteiger partial charge >= 0.3 is 0 Å². The van der Waals surface area contributed by atoms with Crippen LogP contribution in [0.1, 0.15) is 12.5 Å². The van der Waals surface area contributed by atoms with Gasteiger partial charge in [0.25, 0.3) is 0 Å². The van der Waals surface area contributed by atoms with Crippen molar-refractivity contribution in [3.05, 3.63) is 42.0 Å². The topological polar surface area (TPSA) is 27.7 Å². The molecule has 1 aliphatic heterocycles. The highest BCUT2D eigenvalue weighted by atomic mass is 16.7. The molecule has 0 radical (unpaired) electrons. The van der Waals surface area contributed by atoms with Crippen molar-refractivity contribution in [1.29, 1.82) is 0 Å². The van der Waals surface area contributed by atoms with Crippen LogP contribution in [0.25, 0.3) is 10.8 Å². The van der Waals surface area contributed by atoms with Gasteiger partial charge in [-0.1, -0.05) is 18.2 Å². The Morgan fingerprint density at radius 1 is 1.00 bits per heavy atom. The number of hydrogen-bond donors (Lipinski definition) is 0. The third-order valence-electron chi connectivity index (χ3n) is 3.41. The standard InChI is InChI=1S/C15H16O3/c1-15(17-7-8-18-15)13-5-3-12-10-14(16-2)6-4-11(12)9-13/h3-6,9-10H,7-8H2,1-2H3. The van der Waals surface area contributed by atoms with Crippen LogP contribution in [0.3, 0.4) is 0 Å². The van der Waals surface area contributed by atoms with Crippen LogP contribution in [0.15, 0.2) is 36.4 Å². The van der Waals surface area contributed by atoms with Gasteiger partial charge in [0.2, 0.25) is 0 Å². The molecule has 1 heterocycles. The lowest BCUT2D eigenvalue weighted by Crippen LogP contribution is -2.22. The number of methoxy groups -OCH3 is 1. The summed E-state index contributed by atoms with van der Waals surface area (Å²) in [4.78, 5) is 0.